The molecule has 0 unspecified atom stereocenters. The van der Waals surface area contributed by atoms with Gasteiger partial charge in [0.25, 0.3) is 0 Å². The molecule has 11 rings (SSSR count). The van der Waals surface area contributed by atoms with Gasteiger partial charge in [-0.05, 0) is 66.2 Å². The van der Waals surface area contributed by atoms with Crippen molar-refractivity contribution in [3.05, 3.63) is 188 Å². The van der Waals surface area contributed by atoms with Gasteiger partial charge in [0, 0.05) is 43.6 Å². The summed E-state index contributed by atoms with van der Waals surface area (Å²) >= 11 is 0. The van der Waals surface area contributed by atoms with Gasteiger partial charge in [0.1, 0.15) is 6.07 Å². The van der Waals surface area contributed by atoms with Gasteiger partial charge < -0.3 is 13.7 Å². The Morgan fingerprint density at radius 3 is 1.58 bits per heavy atom. The molecule has 0 aliphatic rings. The van der Waals surface area contributed by atoms with E-state index in [0.29, 0.717) is 5.56 Å². The van der Waals surface area contributed by atoms with Gasteiger partial charge in [-0.1, -0.05) is 121 Å². The zero-order valence-corrected chi connectivity index (χ0v) is 28.6. The molecule has 53 heavy (non-hydrogen) atoms. The summed E-state index contributed by atoms with van der Waals surface area (Å²) in [5.74, 6) is 0. The molecule has 3 heterocycles. The summed E-state index contributed by atoms with van der Waals surface area (Å²) in [6.07, 6.45) is 0. The minimum Gasteiger partial charge on any atom is -0.309 e. The monoisotopic (exact) mass is 674 g/mol. The number of benzene rings is 8. The third-order valence-corrected chi connectivity index (χ3v) is 10.9. The predicted molar refractivity (Wildman–Crippen MR) is 220 cm³/mol. The first-order valence-corrected chi connectivity index (χ1v) is 17.9. The minimum absolute atomic E-state index is 0.625. The average Bonchev–Trinajstić information content (AvgIpc) is 3.87. The van der Waals surface area contributed by atoms with Crippen molar-refractivity contribution in [1.29, 1.82) is 5.26 Å². The van der Waals surface area contributed by atoms with Crippen LogP contribution in [-0.2, 0) is 0 Å². The minimum atomic E-state index is 0.625. The number of hydrogen-bond acceptors (Lipinski definition) is 1. The van der Waals surface area contributed by atoms with Gasteiger partial charge in [-0.15, -0.1) is 0 Å². The van der Waals surface area contributed by atoms with Crippen molar-refractivity contribution >= 4 is 65.4 Å². The highest BCUT2D eigenvalue weighted by Crippen LogP contribution is 2.43. The number of fused-ring (bicyclic) bond motifs is 10. The third-order valence-electron chi connectivity index (χ3n) is 10.9. The lowest BCUT2D eigenvalue weighted by molar-refractivity contribution is 1.16. The number of aromatic nitrogens is 3. The number of nitrogens with zero attached hydrogens (tertiary/aromatic N) is 4. The highest BCUT2D eigenvalue weighted by atomic mass is 15.0. The lowest BCUT2D eigenvalue weighted by atomic mass is 10.00. The molecule has 0 atom stereocenters. The summed E-state index contributed by atoms with van der Waals surface area (Å²) in [5.41, 5.74) is 12.6. The molecule has 0 N–H and O–H groups in total. The van der Waals surface area contributed by atoms with E-state index in [1.807, 2.05) is 0 Å². The van der Waals surface area contributed by atoms with Crippen molar-refractivity contribution in [2.24, 2.45) is 0 Å². The maximum absolute atomic E-state index is 10.7. The van der Waals surface area contributed by atoms with Gasteiger partial charge in [-0.25, -0.2) is 0 Å². The van der Waals surface area contributed by atoms with E-state index < -0.39 is 0 Å². The topological polar surface area (TPSA) is 38.6 Å². The Balaban J connectivity index is 1.18. The maximum atomic E-state index is 10.7. The molecule has 3 aromatic heterocycles. The van der Waals surface area contributed by atoms with E-state index in [1.54, 1.807) is 0 Å². The van der Waals surface area contributed by atoms with Crippen molar-refractivity contribution in [2.45, 2.75) is 0 Å². The van der Waals surface area contributed by atoms with Crippen LogP contribution in [0.3, 0.4) is 0 Å². The second-order valence-corrected chi connectivity index (χ2v) is 13.6. The number of para-hydroxylation sites is 6. The first-order valence-electron chi connectivity index (χ1n) is 17.9. The highest BCUT2D eigenvalue weighted by molar-refractivity contribution is 6.26. The van der Waals surface area contributed by atoms with Crippen LogP contribution >= 0.6 is 0 Å². The first kappa shape index (κ1) is 29.4. The van der Waals surface area contributed by atoms with Gasteiger partial charge >= 0.3 is 0 Å². The fourth-order valence-corrected chi connectivity index (χ4v) is 8.70. The van der Waals surface area contributed by atoms with Crippen LogP contribution in [0.15, 0.2) is 182 Å². The van der Waals surface area contributed by atoms with Crippen molar-refractivity contribution in [1.82, 2.24) is 13.7 Å². The summed E-state index contributed by atoms with van der Waals surface area (Å²) in [6, 6.07) is 67.0. The average molecular weight is 675 g/mol. The SMILES string of the molecule is N#Cc1cc(-c2ccccc2-n2c3ccccc3c3c2ccc2c4ccccc4n(-c4ccccc4)c23)ccc1-n1c2ccccc2c2ccccc21. The number of rotatable bonds is 4. The van der Waals surface area contributed by atoms with Crippen LogP contribution in [0.4, 0.5) is 0 Å². The molecular weight excluding hydrogens is 645 g/mol. The smallest absolute Gasteiger partial charge is 0.101 e. The van der Waals surface area contributed by atoms with Gasteiger partial charge in [0.05, 0.1) is 50.0 Å². The zero-order valence-electron chi connectivity index (χ0n) is 28.6. The number of nitriles is 1. The van der Waals surface area contributed by atoms with Crippen molar-refractivity contribution in [3.63, 3.8) is 0 Å². The lowest BCUT2D eigenvalue weighted by Crippen LogP contribution is -2.00. The van der Waals surface area contributed by atoms with Crippen LogP contribution in [-0.4, -0.2) is 13.7 Å². The molecule has 246 valence electrons. The third kappa shape index (κ3) is 4.16. The second-order valence-electron chi connectivity index (χ2n) is 13.6. The van der Waals surface area contributed by atoms with E-state index in [4.69, 9.17) is 0 Å². The maximum Gasteiger partial charge on any atom is 0.101 e. The molecule has 0 bridgehead atoms. The quantitative estimate of drug-likeness (QED) is 0.183. The molecule has 0 aliphatic heterocycles. The molecule has 4 heteroatoms. The Hall–Kier alpha value is -7.35. The first-order chi connectivity index (χ1) is 26.3. The molecule has 0 saturated carbocycles. The Morgan fingerprint density at radius 1 is 0.377 bits per heavy atom. The molecule has 8 aromatic carbocycles. The van der Waals surface area contributed by atoms with Crippen LogP contribution in [0.5, 0.6) is 0 Å². The normalized spacial score (nSPS) is 11.8. The standard InChI is InChI=1S/C49H30N4/c50-31-33-30-32(26-28-41(33)52-44-23-11-5-17-36(44)37-18-6-12-24-45(37)52)35-16-4-9-21-42(35)53-46-25-13-8-20-40(46)48-47(53)29-27-39-38-19-7-10-22-43(38)51(49(39)48)34-14-2-1-3-15-34/h1-30H. The fourth-order valence-electron chi connectivity index (χ4n) is 8.70. The predicted octanol–water partition coefficient (Wildman–Crippen LogP) is 12.5. The molecule has 0 saturated heterocycles. The summed E-state index contributed by atoms with van der Waals surface area (Å²) in [7, 11) is 0. The largest absolute Gasteiger partial charge is 0.309 e. The van der Waals surface area contributed by atoms with E-state index >= 15 is 0 Å². The molecule has 0 aliphatic carbocycles. The van der Waals surface area contributed by atoms with E-state index in [2.05, 4.69) is 202 Å². The van der Waals surface area contributed by atoms with Crippen LogP contribution in [0.1, 0.15) is 5.56 Å². The Morgan fingerprint density at radius 2 is 0.906 bits per heavy atom. The van der Waals surface area contributed by atoms with Gasteiger partial charge in [0.15, 0.2) is 0 Å². The van der Waals surface area contributed by atoms with E-state index in [0.717, 1.165) is 50.3 Å². The van der Waals surface area contributed by atoms with Gasteiger partial charge in [-0.3, -0.25) is 0 Å². The zero-order chi connectivity index (χ0) is 35.0. The van der Waals surface area contributed by atoms with Crippen LogP contribution in [0.25, 0.3) is 93.6 Å². The summed E-state index contributed by atoms with van der Waals surface area (Å²) in [6.45, 7) is 0. The Kier molecular flexibility index (Phi) is 6.28. The van der Waals surface area contributed by atoms with Crippen LogP contribution < -0.4 is 0 Å². The van der Waals surface area contributed by atoms with E-state index in [-0.39, 0.29) is 0 Å². The fraction of sp³-hybridized carbons (Fsp3) is 0. The molecular formula is C49H30N4. The van der Waals surface area contributed by atoms with E-state index in [9.17, 15) is 5.26 Å². The summed E-state index contributed by atoms with van der Waals surface area (Å²) in [5, 5.41) is 17.9. The highest BCUT2D eigenvalue weighted by Gasteiger charge is 2.22. The molecule has 0 fully saturated rings. The van der Waals surface area contributed by atoms with Crippen LogP contribution in [0.2, 0.25) is 0 Å². The Bertz CT molecular complexity index is 3240. The van der Waals surface area contributed by atoms with Crippen molar-refractivity contribution in [2.75, 3.05) is 0 Å². The Labute approximate surface area is 305 Å². The summed E-state index contributed by atoms with van der Waals surface area (Å²) < 4.78 is 7.05. The molecule has 0 amide bonds. The van der Waals surface area contributed by atoms with Gasteiger partial charge in [-0.2, -0.15) is 5.26 Å². The summed E-state index contributed by atoms with van der Waals surface area (Å²) in [4.78, 5) is 0. The van der Waals surface area contributed by atoms with Crippen molar-refractivity contribution < 1.29 is 0 Å². The van der Waals surface area contributed by atoms with Crippen LogP contribution in [0, 0.1) is 11.3 Å². The number of hydrogen-bond donors (Lipinski definition) is 0. The molecule has 0 spiro atoms. The molecule has 4 nitrogen and oxygen atoms in total. The van der Waals surface area contributed by atoms with Crippen molar-refractivity contribution in [3.8, 4) is 34.3 Å². The lowest BCUT2D eigenvalue weighted by Gasteiger charge is -2.16. The van der Waals surface area contributed by atoms with E-state index in [1.165, 1.54) is 43.4 Å². The second kappa shape index (κ2) is 11.3. The van der Waals surface area contributed by atoms with Gasteiger partial charge in [0.2, 0.25) is 0 Å². The molecule has 11 aromatic rings. The molecule has 0 radical (unpaired) electrons.